The standard InChI is InChI=1S/C12H10BrIOS/c13-11-4-3-8(14)6-10(11)12(15)7-9-2-1-5-16-9/h1-6,12,15H,7H2. The van der Waals surface area contributed by atoms with Gasteiger partial charge in [-0.3, -0.25) is 0 Å². The molecule has 84 valence electrons. The molecule has 1 N–H and O–H groups in total. The van der Waals surface area contributed by atoms with Gasteiger partial charge in [-0.25, -0.2) is 0 Å². The topological polar surface area (TPSA) is 20.2 Å². The molecule has 4 heteroatoms. The van der Waals surface area contributed by atoms with Crippen LogP contribution >= 0.6 is 49.9 Å². The summed E-state index contributed by atoms with van der Waals surface area (Å²) in [6, 6.07) is 10.1. The lowest BCUT2D eigenvalue weighted by molar-refractivity contribution is 0.178. The smallest absolute Gasteiger partial charge is 0.0849 e. The first kappa shape index (κ1) is 12.5. The van der Waals surface area contributed by atoms with Gasteiger partial charge in [-0.2, -0.15) is 0 Å². The number of halogens is 2. The van der Waals surface area contributed by atoms with E-state index >= 15 is 0 Å². The van der Waals surface area contributed by atoms with Gasteiger partial charge in [-0.1, -0.05) is 22.0 Å². The third kappa shape index (κ3) is 3.06. The lowest BCUT2D eigenvalue weighted by Crippen LogP contribution is -2.01. The van der Waals surface area contributed by atoms with E-state index in [-0.39, 0.29) is 0 Å². The van der Waals surface area contributed by atoms with Crippen LogP contribution in [0.15, 0.2) is 40.2 Å². The highest BCUT2D eigenvalue weighted by Gasteiger charge is 2.12. The van der Waals surface area contributed by atoms with E-state index < -0.39 is 6.10 Å². The Hall–Kier alpha value is 0.0900. The first-order valence-corrected chi connectivity index (χ1v) is 7.57. The lowest BCUT2D eigenvalue weighted by atomic mass is 10.1. The molecule has 0 radical (unpaired) electrons. The molecule has 1 unspecified atom stereocenters. The Labute approximate surface area is 121 Å². The minimum atomic E-state index is -0.442. The fourth-order valence-corrected chi connectivity index (χ4v) is 3.27. The van der Waals surface area contributed by atoms with Crippen molar-refractivity contribution in [3.05, 3.63) is 54.2 Å². The quantitative estimate of drug-likeness (QED) is 0.746. The van der Waals surface area contributed by atoms with Gasteiger partial charge in [-0.05, 0) is 57.8 Å². The molecule has 2 aromatic rings. The van der Waals surface area contributed by atoms with Crippen LogP contribution in [-0.4, -0.2) is 5.11 Å². The minimum Gasteiger partial charge on any atom is -0.388 e. The molecule has 1 aromatic heterocycles. The van der Waals surface area contributed by atoms with Crippen molar-refractivity contribution >= 4 is 49.9 Å². The Morgan fingerprint density at radius 3 is 2.88 bits per heavy atom. The van der Waals surface area contributed by atoms with Gasteiger partial charge in [0.25, 0.3) is 0 Å². The summed E-state index contributed by atoms with van der Waals surface area (Å²) in [5.41, 5.74) is 0.959. The molecule has 0 spiro atoms. The van der Waals surface area contributed by atoms with E-state index in [1.807, 2.05) is 29.6 Å². The van der Waals surface area contributed by atoms with Gasteiger partial charge in [0.1, 0.15) is 0 Å². The van der Waals surface area contributed by atoms with Crippen molar-refractivity contribution in [3.63, 3.8) is 0 Å². The van der Waals surface area contributed by atoms with Crippen LogP contribution in [0.1, 0.15) is 16.5 Å². The third-order valence-electron chi connectivity index (χ3n) is 2.29. The van der Waals surface area contributed by atoms with Crippen molar-refractivity contribution in [2.24, 2.45) is 0 Å². The second-order valence-corrected chi connectivity index (χ2v) is 6.60. The largest absolute Gasteiger partial charge is 0.388 e. The van der Waals surface area contributed by atoms with Gasteiger partial charge in [0.05, 0.1) is 6.10 Å². The average Bonchev–Trinajstić information content (AvgIpc) is 2.74. The van der Waals surface area contributed by atoms with Gasteiger partial charge in [0.15, 0.2) is 0 Å². The molecular formula is C12H10BrIOS. The highest BCUT2D eigenvalue weighted by molar-refractivity contribution is 14.1. The number of rotatable bonds is 3. The molecule has 1 aromatic carbocycles. The maximum absolute atomic E-state index is 10.2. The highest BCUT2D eigenvalue weighted by atomic mass is 127. The molecule has 1 nitrogen and oxygen atoms in total. The molecule has 0 amide bonds. The highest BCUT2D eigenvalue weighted by Crippen LogP contribution is 2.28. The van der Waals surface area contributed by atoms with E-state index in [9.17, 15) is 5.11 Å². The summed E-state index contributed by atoms with van der Waals surface area (Å²) in [4.78, 5) is 1.21. The zero-order valence-electron chi connectivity index (χ0n) is 8.36. The van der Waals surface area contributed by atoms with Crippen LogP contribution in [0.25, 0.3) is 0 Å². The summed E-state index contributed by atoms with van der Waals surface area (Å²) in [6.45, 7) is 0. The Balaban J connectivity index is 2.20. The normalized spacial score (nSPS) is 12.7. The van der Waals surface area contributed by atoms with Gasteiger partial charge in [0, 0.05) is 19.3 Å². The summed E-state index contributed by atoms with van der Waals surface area (Å²) in [6.07, 6.45) is 0.235. The molecule has 1 atom stereocenters. The summed E-state index contributed by atoms with van der Waals surface area (Å²) in [5, 5.41) is 12.2. The van der Waals surface area contributed by atoms with Gasteiger partial charge >= 0.3 is 0 Å². The number of benzene rings is 1. The Morgan fingerprint density at radius 1 is 1.38 bits per heavy atom. The van der Waals surface area contributed by atoms with Crippen molar-refractivity contribution < 1.29 is 5.11 Å². The molecule has 2 rings (SSSR count). The predicted molar refractivity (Wildman–Crippen MR) is 79.8 cm³/mol. The van der Waals surface area contributed by atoms with E-state index in [2.05, 4.69) is 44.6 Å². The molecule has 0 saturated carbocycles. The molecule has 1 heterocycles. The number of aliphatic hydroxyl groups is 1. The van der Waals surface area contributed by atoms with Crippen molar-refractivity contribution in [1.82, 2.24) is 0 Å². The zero-order chi connectivity index (χ0) is 11.5. The van der Waals surface area contributed by atoms with E-state index in [0.717, 1.165) is 13.6 Å². The molecule has 0 aliphatic carbocycles. The SMILES string of the molecule is OC(Cc1cccs1)c1cc(I)ccc1Br. The Kier molecular flexibility index (Phi) is 4.41. The van der Waals surface area contributed by atoms with Crippen molar-refractivity contribution in [2.75, 3.05) is 0 Å². The number of hydrogen-bond donors (Lipinski definition) is 1. The van der Waals surface area contributed by atoms with Crippen LogP contribution < -0.4 is 0 Å². The van der Waals surface area contributed by atoms with E-state index in [0.29, 0.717) is 6.42 Å². The first-order valence-electron chi connectivity index (χ1n) is 4.82. The average molecular weight is 409 g/mol. The minimum absolute atomic E-state index is 0.442. The third-order valence-corrected chi connectivity index (χ3v) is 4.58. The van der Waals surface area contributed by atoms with Crippen LogP contribution in [0.5, 0.6) is 0 Å². The molecule has 0 aliphatic rings. The summed E-state index contributed by atoms with van der Waals surface area (Å²) < 4.78 is 2.11. The van der Waals surface area contributed by atoms with E-state index in [1.54, 1.807) is 11.3 Å². The van der Waals surface area contributed by atoms with Gasteiger partial charge in [-0.15, -0.1) is 11.3 Å². The predicted octanol–water partition coefficient (Wildman–Crippen LogP) is 4.39. The van der Waals surface area contributed by atoms with Crippen LogP contribution in [0, 0.1) is 3.57 Å². The van der Waals surface area contributed by atoms with Crippen molar-refractivity contribution in [1.29, 1.82) is 0 Å². The lowest BCUT2D eigenvalue weighted by Gasteiger charge is -2.12. The maximum Gasteiger partial charge on any atom is 0.0849 e. The fraction of sp³-hybridized carbons (Fsp3) is 0.167. The molecule has 0 fully saturated rings. The maximum atomic E-state index is 10.2. The van der Waals surface area contributed by atoms with Crippen LogP contribution in [0.4, 0.5) is 0 Å². The van der Waals surface area contributed by atoms with Crippen molar-refractivity contribution in [2.45, 2.75) is 12.5 Å². The second-order valence-electron chi connectivity index (χ2n) is 3.47. The van der Waals surface area contributed by atoms with Gasteiger partial charge in [0.2, 0.25) is 0 Å². The summed E-state index contributed by atoms with van der Waals surface area (Å²) >= 11 is 7.41. The fourth-order valence-electron chi connectivity index (χ4n) is 1.50. The Morgan fingerprint density at radius 2 is 2.19 bits per heavy atom. The Bertz CT molecular complexity index is 470. The van der Waals surface area contributed by atoms with E-state index in [4.69, 9.17) is 0 Å². The summed E-state index contributed by atoms with van der Waals surface area (Å²) in [7, 11) is 0. The zero-order valence-corrected chi connectivity index (χ0v) is 12.9. The number of thiophene rings is 1. The van der Waals surface area contributed by atoms with Crippen molar-refractivity contribution in [3.8, 4) is 0 Å². The monoisotopic (exact) mass is 408 g/mol. The van der Waals surface area contributed by atoms with Crippen LogP contribution in [-0.2, 0) is 6.42 Å². The van der Waals surface area contributed by atoms with Crippen LogP contribution in [0.2, 0.25) is 0 Å². The molecule has 0 saturated heterocycles. The first-order chi connectivity index (χ1) is 7.66. The molecule has 0 aliphatic heterocycles. The van der Waals surface area contributed by atoms with E-state index in [1.165, 1.54) is 4.88 Å². The summed E-state index contributed by atoms with van der Waals surface area (Å²) in [5.74, 6) is 0. The van der Waals surface area contributed by atoms with Crippen LogP contribution in [0.3, 0.4) is 0 Å². The van der Waals surface area contributed by atoms with Gasteiger partial charge < -0.3 is 5.11 Å². The number of aliphatic hydroxyl groups excluding tert-OH is 1. The molecular weight excluding hydrogens is 399 g/mol. The molecule has 0 bridgehead atoms. The molecule has 16 heavy (non-hydrogen) atoms. The number of hydrogen-bond acceptors (Lipinski definition) is 2. The second kappa shape index (κ2) is 5.62.